The van der Waals surface area contributed by atoms with Gasteiger partial charge in [-0.1, -0.05) is 0 Å². The fraction of sp³-hybridized carbons (Fsp3) is 0.833. The second-order valence-electron chi connectivity index (χ2n) is 2.96. The van der Waals surface area contributed by atoms with Crippen molar-refractivity contribution in [2.24, 2.45) is 11.5 Å². The Hall–Kier alpha value is -0.610. The summed E-state index contributed by atoms with van der Waals surface area (Å²) in [6.07, 6.45) is 0. The van der Waals surface area contributed by atoms with Crippen LogP contribution >= 0.6 is 0 Å². The molecule has 0 unspecified atom stereocenters. The molecule has 0 atom stereocenters. The van der Waals surface area contributed by atoms with Crippen molar-refractivity contribution >= 4 is 5.97 Å². The second kappa shape index (κ2) is 5.20. The third kappa shape index (κ3) is 156. The van der Waals surface area contributed by atoms with Crippen LogP contribution in [0.3, 0.4) is 0 Å². The van der Waals surface area contributed by atoms with E-state index in [2.05, 4.69) is 5.73 Å². The number of carboxylic acids is 1. The first kappa shape index (κ1) is 12.1. The molecule has 0 aromatic heterocycles. The molecule has 4 nitrogen and oxygen atoms in total. The summed E-state index contributed by atoms with van der Waals surface area (Å²) in [5.41, 5.74) is 9.93. The van der Waals surface area contributed by atoms with Gasteiger partial charge >= 0.3 is 5.97 Å². The van der Waals surface area contributed by atoms with E-state index in [1.165, 1.54) is 0 Å². The Morgan fingerprint density at radius 1 is 1.50 bits per heavy atom. The van der Waals surface area contributed by atoms with Gasteiger partial charge in [0.2, 0.25) is 0 Å². The Bertz CT molecular complexity index is 90.4. The zero-order chi connectivity index (χ0) is 8.78. The number of hydrogen-bond acceptors (Lipinski definition) is 3. The topological polar surface area (TPSA) is 89.3 Å². The first-order valence-corrected chi connectivity index (χ1v) is 2.98. The summed E-state index contributed by atoms with van der Waals surface area (Å²) in [5.74, 6) is -0.968. The van der Waals surface area contributed by atoms with Crippen LogP contribution in [0.5, 0.6) is 0 Å². The highest BCUT2D eigenvalue weighted by Crippen LogP contribution is 1.88. The summed E-state index contributed by atoms with van der Waals surface area (Å²) in [5, 5.41) is 7.60. The Morgan fingerprint density at radius 3 is 1.60 bits per heavy atom. The van der Waals surface area contributed by atoms with Crippen molar-refractivity contribution < 1.29 is 9.90 Å². The van der Waals surface area contributed by atoms with Gasteiger partial charge in [-0.25, -0.2) is 0 Å². The predicted octanol–water partition coefficient (Wildman–Crippen LogP) is -0.227. The summed E-state index contributed by atoms with van der Waals surface area (Å²) in [6, 6.07) is 0. The standard InChI is InChI=1S/C4H11N.C2H5NO2/c1-4(2,3)5;3-1-2(4)5/h5H2,1-3H3;1,3H2,(H,4,5). The Kier molecular flexibility index (Phi) is 6.29. The molecular formula is C6H16N2O2. The summed E-state index contributed by atoms with van der Waals surface area (Å²) in [6.45, 7) is 5.62. The molecule has 0 saturated heterocycles. The zero-order valence-corrected chi connectivity index (χ0v) is 6.72. The summed E-state index contributed by atoms with van der Waals surface area (Å²) in [7, 11) is 0. The van der Waals surface area contributed by atoms with E-state index in [0.29, 0.717) is 0 Å². The average molecular weight is 148 g/mol. The van der Waals surface area contributed by atoms with Crippen molar-refractivity contribution in [3.63, 3.8) is 0 Å². The molecule has 0 saturated carbocycles. The summed E-state index contributed by atoms with van der Waals surface area (Å²) >= 11 is 0. The van der Waals surface area contributed by atoms with Crippen LogP contribution in [0.15, 0.2) is 0 Å². The molecule has 0 spiro atoms. The monoisotopic (exact) mass is 148 g/mol. The lowest BCUT2D eigenvalue weighted by Gasteiger charge is -2.06. The molecule has 62 valence electrons. The summed E-state index contributed by atoms with van der Waals surface area (Å²) in [4.78, 5) is 9.24. The van der Waals surface area contributed by atoms with Crippen LogP contribution in [0.1, 0.15) is 20.8 Å². The number of rotatable bonds is 1. The van der Waals surface area contributed by atoms with Crippen molar-refractivity contribution in [3.05, 3.63) is 0 Å². The SMILES string of the molecule is CC(C)(C)N.NCC(=O)O. The van der Waals surface area contributed by atoms with Crippen LogP contribution in [0.2, 0.25) is 0 Å². The van der Waals surface area contributed by atoms with Crippen LogP contribution in [-0.2, 0) is 4.79 Å². The molecular weight excluding hydrogens is 132 g/mol. The fourth-order valence-electron chi connectivity index (χ4n) is 0. The number of carboxylic acid groups (broad SMARTS) is 1. The van der Waals surface area contributed by atoms with E-state index < -0.39 is 5.97 Å². The van der Waals surface area contributed by atoms with Gasteiger partial charge in [-0.2, -0.15) is 0 Å². The van der Waals surface area contributed by atoms with E-state index in [4.69, 9.17) is 10.8 Å². The average Bonchev–Trinajstić information content (AvgIpc) is 1.61. The number of nitrogens with two attached hydrogens (primary N) is 2. The summed E-state index contributed by atoms with van der Waals surface area (Å²) < 4.78 is 0. The Labute approximate surface area is 61.2 Å². The molecule has 0 aliphatic rings. The lowest BCUT2D eigenvalue weighted by atomic mass is 10.1. The third-order valence-corrected chi connectivity index (χ3v) is 0.175. The first-order chi connectivity index (χ1) is 4.27. The van der Waals surface area contributed by atoms with Crippen molar-refractivity contribution in [1.82, 2.24) is 0 Å². The first-order valence-electron chi connectivity index (χ1n) is 2.98. The normalized spacial score (nSPS) is 9.70. The molecule has 0 amide bonds. The maximum atomic E-state index is 9.24. The maximum Gasteiger partial charge on any atom is 0.317 e. The smallest absolute Gasteiger partial charge is 0.317 e. The minimum Gasteiger partial charge on any atom is -0.480 e. The molecule has 0 aromatic carbocycles. The molecule has 0 rings (SSSR count). The lowest BCUT2D eigenvalue weighted by molar-refractivity contribution is -0.135. The molecule has 0 aromatic rings. The van der Waals surface area contributed by atoms with E-state index >= 15 is 0 Å². The molecule has 5 N–H and O–H groups in total. The Morgan fingerprint density at radius 2 is 1.60 bits per heavy atom. The molecule has 0 fully saturated rings. The quantitative estimate of drug-likeness (QED) is 0.479. The third-order valence-electron chi connectivity index (χ3n) is 0.175. The van der Waals surface area contributed by atoms with Crippen molar-refractivity contribution in [2.75, 3.05) is 6.54 Å². The largest absolute Gasteiger partial charge is 0.480 e. The minimum atomic E-state index is -0.968. The van der Waals surface area contributed by atoms with E-state index in [1.807, 2.05) is 20.8 Å². The number of aliphatic carboxylic acids is 1. The highest BCUT2D eigenvalue weighted by molar-refractivity contribution is 5.68. The molecule has 0 radical (unpaired) electrons. The van der Waals surface area contributed by atoms with Crippen molar-refractivity contribution in [3.8, 4) is 0 Å². The highest BCUT2D eigenvalue weighted by Gasteiger charge is 1.95. The molecule has 10 heavy (non-hydrogen) atoms. The predicted molar refractivity (Wildman–Crippen MR) is 40.6 cm³/mol. The zero-order valence-electron chi connectivity index (χ0n) is 6.72. The second-order valence-corrected chi connectivity index (χ2v) is 2.96. The Balaban J connectivity index is 0. The van der Waals surface area contributed by atoms with Crippen LogP contribution in [0, 0.1) is 0 Å². The number of carbonyl (C=O) groups is 1. The lowest BCUT2D eigenvalue weighted by Crippen LogP contribution is -2.26. The van der Waals surface area contributed by atoms with Crippen molar-refractivity contribution in [1.29, 1.82) is 0 Å². The molecule has 0 aliphatic carbocycles. The van der Waals surface area contributed by atoms with Gasteiger partial charge < -0.3 is 16.6 Å². The van der Waals surface area contributed by atoms with Gasteiger partial charge in [0.05, 0.1) is 6.54 Å². The molecule has 0 aliphatic heterocycles. The van der Waals surface area contributed by atoms with Gasteiger partial charge in [-0.3, -0.25) is 4.79 Å². The van der Waals surface area contributed by atoms with Gasteiger partial charge in [0, 0.05) is 5.54 Å². The highest BCUT2D eigenvalue weighted by atomic mass is 16.4. The minimum absolute atomic E-state index is 0. The van der Waals surface area contributed by atoms with Gasteiger partial charge in [-0.05, 0) is 20.8 Å². The molecule has 0 heterocycles. The number of hydrogen-bond donors (Lipinski definition) is 3. The van der Waals surface area contributed by atoms with Crippen LogP contribution in [-0.4, -0.2) is 23.2 Å². The van der Waals surface area contributed by atoms with Crippen LogP contribution in [0.25, 0.3) is 0 Å². The molecule has 4 heteroatoms. The van der Waals surface area contributed by atoms with Gasteiger partial charge in [0.15, 0.2) is 0 Å². The van der Waals surface area contributed by atoms with E-state index in [1.54, 1.807) is 0 Å². The fourth-order valence-corrected chi connectivity index (χ4v) is 0. The van der Waals surface area contributed by atoms with Crippen LogP contribution < -0.4 is 11.5 Å². The van der Waals surface area contributed by atoms with Gasteiger partial charge in [-0.15, -0.1) is 0 Å². The van der Waals surface area contributed by atoms with Crippen molar-refractivity contribution in [2.45, 2.75) is 26.3 Å². The van der Waals surface area contributed by atoms with E-state index in [-0.39, 0.29) is 12.1 Å². The van der Waals surface area contributed by atoms with E-state index in [9.17, 15) is 4.79 Å². The van der Waals surface area contributed by atoms with Crippen LogP contribution in [0.4, 0.5) is 0 Å². The van der Waals surface area contributed by atoms with Gasteiger partial charge in [0.1, 0.15) is 0 Å². The maximum absolute atomic E-state index is 9.24. The van der Waals surface area contributed by atoms with E-state index in [0.717, 1.165) is 0 Å². The van der Waals surface area contributed by atoms with Gasteiger partial charge in [0.25, 0.3) is 0 Å². The molecule has 0 bridgehead atoms.